The molecule has 0 atom stereocenters. The molecule has 0 aliphatic heterocycles. The molecule has 0 saturated carbocycles. The van der Waals surface area contributed by atoms with Gasteiger partial charge in [-0.3, -0.25) is 9.78 Å². The molecule has 118 valence electrons. The Kier molecular flexibility index (Phi) is 4.36. The molecule has 1 aromatic heterocycles. The molecule has 0 fully saturated rings. The molecular formula is C13H15N3O5S. The molecule has 0 aliphatic carbocycles. The molecular weight excluding hydrogens is 310 g/mol. The highest BCUT2D eigenvalue weighted by molar-refractivity contribution is 7.92. The van der Waals surface area contributed by atoms with E-state index in [-0.39, 0.29) is 16.6 Å². The van der Waals surface area contributed by atoms with E-state index in [1.807, 2.05) is 0 Å². The minimum Gasteiger partial charge on any atom is -0.493 e. The topological polar surface area (TPSA) is 110 Å². The number of nitrogens with zero attached hydrogens (tertiary/aromatic N) is 1. The number of aromatic amines is 1. The van der Waals surface area contributed by atoms with E-state index in [4.69, 9.17) is 9.47 Å². The number of rotatable bonds is 5. The number of sulfonamides is 1. The summed E-state index contributed by atoms with van der Waals surface area (Å²) < 4.78 is 37.0. The molecule has 1 heterocycles. The third kappa shape index (κ3) is 3.37. The molecule has 1 aromatic carbocycles. The largest absolute Gasteiger partial charge is 0.493 e. The quantitative estimate of drug-likeness (QED) is 0.845. The highest BCUT2D eigenvalue weighted by Gasteiger charge is 2.18. The van der Waals surface area contributed by atoms with E-state index in [1.54, 1.807) is 6.92 Å². The molecule has 0 bridgehead atoms. The maximum Gasteiger partial charge on any atom is 0.264 e. The Balaban J connectivity index is 2.40. The number of hydrogen-bond acceptors (Lipinski definition) is 6. The van der Waals surface area contributed by atoms with E-state index >= 15 is 0 Å². The molecule has 2 aromatic rings. The van der Waals surface area contributed by atoms with Crippen LogP contribution in [0.3, 0.4) is 0 Å². The van der Waals surface area contributed by atoms with Gasteiger partial charge < -0.3 is 9.47 Å². The van der Waals surface area contributed by atoms with Gasteiger partial charge in [-0.1, -0.05) is 0 Å². The van der Waals surface area contributed by atoms with Crippen molar-refractivity contribution < 1.29 is 17.9 Å². The van der Waals surface area contributed by atoms with Gasteiger partial charge in [0.1, 0.15) is 0 Å². The van der Waals surface area contributed by atoms with Crippen molar-refractivity contribution in [3.8, 4) is 11.5 Å². The van der Waals surface area contributed by atoms with Gasteiger partial charge in [-0.05, 0) is 19.1 Å². The van der Waals surface area contributed by atoms with Gasteiger partial charge in [0.15, 0.2) is 11.5 Å². The number of ether oxygens (including phenoxy) is 2. The molecule has 9 heteroatoms. The number of methoxy groups -OCH3 is 2. The Morgan fingerprint density at radius 1 is 1.14 bits per heavy atom. The molecule has 0 radical (unpaired) electrons. The van der Waals surface area contributed by atoms with Gasteiger partial charge in [-0.15, -0.1) is 0 Å². The maximum atomic E-state index is 12.3. The molecule has 0 amide bonds. The average Bonchev–Trinajstić information content (AvgIpc) is 2.44. The standard InChI is InChI=1S/C13H15N3O5S/c1-8-6-12(17)15-13(14-8)16-22(18,19)9-4-5-10(20-2)11(7-9)21-3/h4-7H,1-3H3,(H2,14,15,16,17). The first kappa shape index (κ1) is 15.8. The van der Waals surface area contributed by atoms with E-state index in [2.05, 4.69) is 14.7 Å². The molecule has 0 saturated heterocycles. The summed E-state index contributed by atoms with van der Waals surface area (Å²) in [6, 6.07) is 5.40. The fraction of sp³-hybridized carbons (Fsp3) is 0.231. The lowest BCUT2D eigenvalue weighted by Gasteiger charge is -2.11. The highest BCUT2D eigenvalue weighted by Crippen LogP contribution is 2.29. The average molecular weight is 325 g/mol. The zero-order chi connectivity index (χ0) is 16.3. The van der Waals surface area contributed by atoms with Gasteiger partial charge >= 0.3 is 0 Å². The SMILES string of the molecule is COc1ccc(S(=O)(=O)Nc2nc(C)cc(=O)[nH]2)cc1OC. The molecule has 2 rings (SSSR count). The van der Waals surface area contributed by atoms with Gasteiger partial charge in [-0.25, -0.2) is 18.1 Å². The molecule has 0 spiro atoms. The summed E-state index contributed by atoms with van der Waals surface area (Å²) in [5.74, 6) is 0.527. The Morgan fingerprint density at radius 2 is 1.82 bits per heavy atom. The monoisotopic (exact) mass is 325 g/mol. The fourth-order valence-electron chi connectivity index (χ4n) is 1.80. The van der Waals surface area contributed by atoms with Crippen LogP contribution < -0.4 is 19.8 Å². The van der Waals surface area contributed by atoms with Gasteiger partial charge in [-0.2, -0.15) is 0 Å². The van der Waals surface area contributed by atoms with E-state index in [9.17, 15) is 13.2 Å². The lowest BCUT2D eigenvalue weighted by Crippen LogP contribution is -2.19. The second kappa shape index (κ2) is 6.06. The molecule has 0 unspecified atom stereocenters. The highest BCUT2D eigenvalue weighted by atomic mass is 32.2. The van der Waals surface area contributed by atoms with Crippen LogP contribution in [0.2, 0.25) is 0 Å². The molecule has 2 N–H and O–H groups in total. The third-order valence-corrected chi connectivity index (χ3v) is 4.10. The van der Waals surface area contributed by atoms with Crippen molar-refractivity contribution in [1.82, 2.24) is 9.97 Å². The van der Waals surface area contributed by atoms with Crippen LogP contribution in [0.5, 0.6) is 11.5 Å². The molecule has 8 nitrogen and oxygen atoms in total. The van der Waals surface area contributed by atoms with Crippen LogP contribution >= 0.6 is 0 Å². The summed E-state index contributed by atoms with van der Waals surface area (Å²) in [6.45, 7) is 1.59. The van der Waals surface area contributed by atoms with E-state index in [0.717, 1.165) is 0 Å². The summed E-state index contributed by atoms with van der Waals surface area (Å²) in [6.07, 6.45) is 0. The van der Waals surface area contributed by atoms with Crippen LogP contribution in [-0.4, -0.2) is 32.6 Å². The zero-order valence-electron chi connectivity index (χ0n) is 12.2. The first-order chi connectivity index (χ1) is 10.4. The van der Waals surface area contributed by atoms with Gasteiger partial charge in [0, 0.05) is 17.8 Å². The minimum atomic E-state index is -3.92. The minimum absolute atomic E-state index is 0.0469. The van der Waals surface area contributed by atoms with Crippen molar-refractivity contribution in [2.24, 2.45) is 0 Å². The third-order valence-electron chi connectivity index (χ3n) is 2.77. The first-order valence-corrected chi connectivity index (χ1v) is 7.67. The van der Waals surface area contributed by atoms with Crippen molar-refractivity contribution in [3.63, 3.8) is 0 Å². The summed E-state index contributed by atoms with van der Waals surface area (Å²) >= 11 is 0. The maximum absolute atomic E-state index is 12.3. The Bertz CT molecular complexity index is 845. The van der Waals surface area contributed by atoms with Crippen LogP contribution in [0.4, 0.5) is 5.95 Å². The Morgan fingerprint density at radius 3 is 2.41 bits per heavy atom. The van der Waals surface area contributed by atoms with Gasteiger partial charge in [0.05, 0.1) is 19.1 Å². The number of benzene rings is 1. The van der Waals surface area contributed by atoms with Gasteiger partial charge in [0.2, 0.25) is 5.95 Å². The predicted octanol–water partition coefficient (Wildman–Crippen LogP) is 0.896. The van der Waals surface area contributed by atoms with Gasteiger partial charge in [0.25, 0.3) is 15.6 Å². The first-order valence-electron chi connectivity index (χ1n) is 6.18. The molecule has 0 aliphatic rings. The van der Waals surface area contributed by atoms with Crippen LogP contribution in [0.25, 0.3) is 0 Å². The lowest BCUT2D eigenvalue weighted by atomic mass is 10.3. The fourth-order valence-corrected chi connectivity index (χ4v) is 2.78. The van der Waals surface area contributed by atoms with E-state index in [1.165, 1.54) is 38.5 Å². The molecule has 22 heavy (non-hydrogen) atoms. The van der Waals surface area contributed by atoms with Crippen LogP contribution in [0.15, 0.2) is 34.0 Å². The Labute approximate surface area is 127 Å². The zero-order valence-corrected chi connectivity index (χ0v) is 13.0. The van der Waals surface area contributed by atoms with Crippen molar-refractivity contribution in [2.45, 2.75) is 11.8 Å². The van der Waals surface area contributed by atoms with Crippen LogP contribution in [-0.2, 0) is 10.0 Å². The number of nitrogens with one attached hydrogen (secondary N) is 2. The number of anilines is 1. The number of hydrogen-bond donors (Lipinski definition) is 2. The smallest absolute Gasteiger partial charge is 0.264 e. The van der Waals surface area contributed by atoms with E-state index in [0.29, 0.717) is 11.4 Å². The normalized spacial score (nSPS) is 11.0. The second-order valence-electron chi connectivity index (χ2n) is 4.36. The van der Waals surface area contributed by atoms with Crippen molar-refractivity contribution >= 4 is 16.0 Å². The summed E-state index contributed by atoms with van der Waals surface area (Å²) in [7, 11) is -1.07. The van der Waals surface area contributed by atoms with E-state index < -0.39 is 15.6 Å². The van der Waals surface area contributed by atoms with Crippen molar-refractivity contribution in [1.29, 1.82) is 0 Å². The van der Waals surface area contributed by atoms with Crippen LogP contribution in [0, 0.1) is 6.92 Å². The summed E-state index contributed by atoms with van der Waals surface area (Å²) in [5.41, 5.74) is -0.0497. The summed E-state index contributed by atoms with van der Waals surface area (Å²) in [5, 5.41) is 0. The predicted molar refractivity (Wildman–Crippen MR) is 79.9 cm³/mol. The van der Waals surface area contributed by atoms with Crippen molar-refractivity contribution in [3.05, 3.63) is 40.3 Å². The van der Waals surface area contributed by atoms with Crippen LogP contribution in [0.1, 0.15) is 5.69 Å². The number of H-pyrrole nitrogens is 1. The second-order valence-corrected chi connectivity index (χ2v) is 6.04. The number of aromatic nitrogens is 2. The number of aryl methyl sites for hydroxylation is 1. The summed E-state index contributed by atoms with van der Waals surface area (Å²) in [4.78, 5) is 17.5. The van der Waals surface area contributed by atoms with Crippen molar-refractivity contribution in [2.75, 3.05) is 18.9 Å². The Hall–Kier alpha value is -2.55. The lowest BCUT2D eigenvalue weighted by molar-refractivity contribution is 0.354.